The quantitative estimate of drug-likeness (QED) is 0.601. The van der Waals surface area contributed by atoms with Crippen molar-refractivity contribution in [1.29, 1.82) is 5.26 Å². The van der Waals surface area contributed by atoms with E-state index in [2.05, 4.69) is 11.2 Å². The summed E-state index contributed by atoms with van der Waals surface area (Å²) < 4.78 is 28.2. The highest BCUT2D eigenvalue weighted by molar-refractivity contribution is 7.88. The SMILES string of the molecule is CS(=O)(=O)N1CCC(c2nn(Cc3ccc(C#N)cc3)c(=O)n2-c2cccs2)CC1. The number of benzene rings is 1. The van der Waals surface area contributed by atoms with Gasteiger partial charge in [-0.1, -0.05) is 12.1 Å². The van der Waals surface area contributed by atoms with E-state index < -0.39 is 10.0 Å². The highest BCUT2D eigenvalue weighted by Crippen LogP contribution is 2.29. The standard InChI is InChI=1S/C20H21N5O3S2/c1-30(27,28)23-10-8-17(9-11-23)19-22-24(14-16-6-4-15(13-21)5-7-16)20(26)25(19)18-3-2-12-29-18/h2-7,12,17H,8-11,14H2,1H3. The highest BCUT2D eigenvalue weighted by Gasteiger charge is 2.30. The van der Waals surface area contributed by atoms with Gasteiger partial charge in [0.2, 0.25) is 10.0 Å². The van der Waals surface area contributed by atoms with Crippen LogP contribution in [0.4, 0.5) is 0 Å². The number of sulfonamides is 1. The third-order valence-electron chi connectivity index (χ3n) is 5.29. The third kappa shape index (κ3) is 4.09. The van der Waals surface area contributed by atoms with Gasteiger partial charge in [0.25, 0.3) is 0 Å². The Balaban J connectivity index is 1.67. The smallest absolute Gasteiger partial charge is 0.246 e. The summed E-state index contributed by atoms with van der Waals surface area (Å²) in [5, 5.41) is 16.3. The van der Waals surface area contributed by atoms with E-state index in [4.69, 9.17) is 5.26 Å². The molecule has 8 nitrogen and oxygen atoms in total. The molecule has 10 heteroatoms. The first-order valence-corrected chi connectivity index (χ1v) is 12.3. The van der Waals surface area contributed by atoms with Gasteiger partial charge in [0.15, 0.2) is 0 Å². The summed E-state index contributed by atoms with van der Waals surface area (Å²) in [5.74, 6) is 0.671. The van der Waals surface area contributed by atoms with E-state index in [0.717, 1.165) is 10.6 Å². The number of thiophene rings is 1. The highest BCUT2D eigenvalue weighted by atomic mass is 32.2. The van der Waals surface area contributed by atoms with Gasteiger partial charge in [-0.15, -0.1) is 11.3 Å². The molecule has 0 N–H and O–H groups in total. The fraction of sp³-hybridized carbons (Fsp3) is 0.350. The van der Waals surface area contributed by atoms with Crippen LogP contribution in [0.15, 0.2) is 46.6 Å². The fourth-order valence-electron chi connectivity index (χ4n) is 3.70. The van der Waals surface area contributed by atoms with Crippen molar-refractivity contribution in [2.45, 2.75) is 25.3 Å². The van der Waals surface area contributed by atoms with Gasteiger partial charge in [-0.2, -0.15) is 10.4 Å². The second kappa shape index (κ2) is 8.18. The number of hydrogen-bond acceptors (Lipinski definition) is 6. The number of piperidine rings is 1. The molecular weight excluding hydrogens is 422 g/mol. The van der Waals surface area contributed by atoms with Crippen LogP contribution >= 0.6 is 11.3 Å². The van der Waals surface area contributed by atoms with Gasteiger partial charge in [-0.05, 0) is 48.1 Å². The lowest BCUT2D eigenvalue weighted by molar-refractivity contribution is 0.313. The minimum atomic E-state index is -3.22. The van der Waals surface area contributed by atoms with Crippen molar-refractivity contribution in [1.82, 2.24) is 18.7 Å². The van der Waals surface area contributed by atoms with Crippen LogP contribution in [0, 0.1) is 11.3 Å². The summed E-state index contributed by atoms with van der Waals surface area (Å²) in [4.78, 5) is 13.2. The van der Waals surface area contributed by atoms with Gasteiger partial charge < -0.3 is 0 Å². The molecule has 0 spiro atoms. The molecule has 0 unspecified atom stereocenters. The Bertz CT molecular complexity index is 1230. The summed E-state index contributed by atoms with van der Waals surface area (Å²) >= 11 is 1.47. The van der Waals surface area contributed by atoms with Crippen molar-refractivity contribution >= 4 is 21.4 Å². The van der Waals surface area contributed by atoms with Crippen molar-refractivity contribution < 1.29 is 8.42 Å². The number of aromatic nitrogens is 3. The molecule has 1 saturated heterocycles. The fourth-order valence-corrected chi connectivity index (χ4v) is 5.30. The maximum Gasteiger partial charge on any atom is 0.351 e. The Kier molecular flexibility index (Phi) is 5.60. The molecule has 0 saturated carbocycles. The number of nitriles is 1. The van der Waals surface area contributed by atoms with Gasteiger partial charge in [0.1, 0.15) is 10.8 Å². The molecule has 0 bridgehead atoms. The van der Waals surface area contributed by atoms with E-state index >= 15 is 0 Å². The lowest BCUT2D eigenvalue weighted by atomic mass is 9.97. The molecule has 0 atom stereocenters. The Labute approximate surface area is 178 Å². The second-order valence-electron chi connectivity index (χ2n) is 7.33. The average Bonchev–Trinajstić information content (AvgIpc) is 3.36. The van der Waals surface area contributed by atoms with E-state index in [9.17, 15) is 13.2 Å². The van der Waals surface area contributed by atoms with E-state index in [1.165, 1.54) is 26.6 Å². The topological polar surface area (TPSA) is 101 Å². The molecular formula is C20H21N5O3S2. The van der Waals surface area contributed by atoms with Crippen LogP contribution in [-0.4, -0.2) is 46.4 Å². The third-order valence-corrected chi connectivity index (χ3v) is 7.45. The molecule has 1 aliphatic heterocycles. The van der Waals surface area contributed by atoms with Crippen molar-refractivity contribution in [2.24, 2.45) is 0 Å². The molecule has 4 rings (SSSR count). The molecule has 1 aromatic carbocycles. The lowest BCUT2D eigenvalue weighted by Gasteiger charge is -2.29. The Hall–Kier alpha value is -2.74. The zero-order valence-corrected chi connectivity index (χ0v) is 18.1. The number of rotatable bonds is 5. The van der Waals surface area contributed by atoms with Crippen LogP contribution in [0.2, 0.25) is 0 Å². The van der Waals surface area contributed by atoms with Gasteiger partial charge >= 0.3 is 5.69 Å². The minimum absolute atomic E-state index is 0.0000138. The predicted octanol–water partition coefficient (Wildman–Crippen LogP) is 2.15. The minimum Gasteiger partial charge on any atom is -0.246 e. The first kappa shape index (κ1) is 20.5. The van der Waals surface area contributed by atoms with Crippen LogP contribution in [0.1, 0.15) is 35.7 Å². The first-order valence-electron chi connectivity index (χ1n) is 9.54. The molecule has 1 aliphatic rings. The van der Waals surface area contributed by atoms with Gasteiger partial charge in [0, 0.05) is 19.0 Å². The number of hydrogen-bond donors (Lipinski definition) is 0. The maximum atomic E-state index is 13.2. The normalized spacial score (nSPS) is 15.9. The molecule has 30 heavy (non-hydrogen) atoms. The lowest BCUT2D eigenvalue weighted by Crippen LogP contribution is -2.37. The van der Waals surface area contributed by atoms with Crippen molar-refractivity contribution in [3.8, 4) is 11.1 Å². The van der Waals surface area contributed by atoms with Crippen LogP contribution in [0.25, 0.3) is 5.00 Å². The molecule has 0 amide bonds. The monoisotopic (exact) mass is 443 g/mol. The zero-order valence-electron chi connectivity index (χ0n) is 16.4. The summed E-state index contributed by atoms with van der Waals surface area (Å²) in [6.07, 6.45) is 2.46. The van der Waals surface area contributed by atoms with Crippen LogP contribution in [0.5, 0.6) is 0 Å². The molecule has 0 radical (unpaired) electrons. The second-order valence-corrected chi connectivity index (χ2v) is 10.2. The summed E-state index contributed by atoms with van der Waals surface area (Å²) in [7, 11) is -3.22. The van der Waals surface area contributed by atoms with Crippen molar-refractivity contribution in [3.05, 3.63) is 69.2 Å². The Morgan fingerprint density at radius 3 is 2.47 bits per heavy atom. The van der Waals surface area contributed by atoms with Gasteiger partial charge in [0.05, 0.1) is 24.4 Å². The summed E-state index contributed by atoms with van der Waals surface area (Å²) in [6, 6.07) is 12.9. The molecule has 2 aromatic heterocycles. The van der Waals surface area contributed by atoms with E-state index in [-0.39, 0.29) is 11.6 Å². The van der Waals surface area contributed by atoms with E-state index in [1.807, 2.05) is 29.6 Å². The predicted molar refractivity (Wildman–Crippen MR) is 114 cm³/mol. The van der Waals surface area contributed by atoms with Crippen molar-refractivity contribution in [3.63, 3.8) is 0 Å². The van der Waals surface area contributed by atoms with E-state index in [0.29, 0.717) is 43.9 Å². The van der Waals surface area contributed by atoms with E-state index in [1.54, 1.807) is 16.7 Å². The molecule has 3 heterocycles. The van der Waals surface area contributed by atoms with Crippen molar-refractivity contribution in [2.75, 3.05) is 19.3 Å². The van der Waals surface area contributed by atoms with Gasteiger partial charge in [-0.3, -0.25) is 0 Å². The maximum absolute atomic E-state index is 13.2. The summed E-state index contributed by atoms with van der Waals surface area (Å²) in [6.45, 7) is 1.15. The summed E-state index contributed by atoms with van der Waals surface area (Å²) in [5.41, 5.74) is 1.22. The largest absolute Gasteiger partial charge is 0.351 e. The molecule has 1 fully saturated rings. The molecule has 0 aliphatic carbocycles. The first-order chi connectivity index (χ1) is 14.4. The Morgan fingerprint density at radius 1 is 1.20 bits per heavy atom. The zero-order chi connectivity index (χ0) is 21.3. The van der Waals surface area contributed by atoms with Crippen LogP contribution < -0.4 is 5.69 Å². The van der Waals surface area contributed by atoms with Crippen LogP contribution in [0.3, 0.4) is 0 Å². The molecule has 3 aromatic rings. The van der Waals surface area contributed by atoms with Crippen LogP contribution in [-0.2, 0) is 16.6 Å². The Morgan fingerprint density at radius 2 is 1.90 bits per heavy atom. The molecule has 156 valence electrons. The number of nitrogens with zero attached hydrogens (tertiary/aromatic N) is 5. The average molecular weight is 444 g/mol. The van der Waals surface area contributed by atoms with Gasteiger partial charge in [-0.25, -0.2) is 26.8 Å².